The van der Waals surface area contributed by atoms with E-state index in [4.69, 9.17) is 12.6 Å². The molecule has 0 spiro atoms. The van der Waals surface area contributed by atoms with Gasteiger partial charge in [-0.3, -0.25) is 4.39 Å². The second-order valence-corrected chi connectivity index (χ2v) is 25.7. The van der Waals surface area contributed by atoms with Gasteiger partial charge in [0.15, 0.2) is 0 Å². The summed E-state index contributed by atoms with van der Waals surface area (Å²) in [6, 6.07) is 55.5. The Morgan fingerprint density at radius 3 is 2.14 bits per heavy atom. The number of hydrogen-bond donors (Lipinski definition) is 0. The molecule has 6 heteroatoms. The summed E-state index contributed by atoms with van der Waals surface area (Å²) in [4.78, 5) is 8.39. The predicted molar refractivity (Wildman–Crippen MR) is 240 cm³/mol. The maximum Gasteiger partial charge on any atom is 3.00 e. The van der Waals surface area contributed by atoms with E-state index in [2.05, 4.69) is 106 Å². The van der Waals surface area contributed by atoms with Gasteiger partial charge in [0.1, 0.15) is 0 Å². The van der Waals surface area contributed by atoms with Crippen LogP contribution in [0.3, 0.4) is 0 Å². The largest absolute Gasteiger partial charge is 3.00 e. The van der Waals surface area contributed by atoms with Crippen molar-refractivity contribution in [1.82, 2.24) is 9.97 Å². The second-order valence-electron chi connectivity index (χ2n) is 15.1. The van der Waals surface area contributed by atoms with Crippen LogP contribution in [0.15, 0.2) is 156 Å². The molecule has 59 heavy (non-hydrogen) atoms. The smallest absolute Gasteiger partial charge is 0.486 e. The maximum atomic E-state index is 14.8. The average molecular weight is 1020 g/mol. The van der Waals surface area contributed by atoms with Crippen molar-refractivity contribution in [3.05, 3.63) is 198 Å². The van der Waals surface area contributed by atoms with Gasteiger partial charge in [-0.2, -0.15) is 0 Å². The third-order valence-corrected chi connectivity index (χ3v) is 14.4. The molecule has 0 aliphatic rings. The SMILES string of the molecule is [2H]C(C)(c1ccccc1)c1cc(-c2[c-]ccc(-c3ccccc3)c2)[c-]c[c]1[Ge]([CH3])([CH3])[CH3].[2H]C([2H])([2H])c1ccc2c(n1)oc1c(-c3cc(-c4ccccc4)c(C([2H])([2H])[2H])cn3)[c-]cc(F)c12.[Ir+3]. The van der Waals surface area contributed by atoms with Crippen molar-refractivity contribution in [2.45, 2.75) is 43.8 Å². The maximum absolute atomic E-state index is 14.8. The molecule has 0 aliphatic heterocycles. The molecule has 0 radical (unpaired) electrons. The number of benzene rings is 6. The van der Waals surface area contributed by atoms with Crippen LogP contribution in [-0.2, 0) is 20.1 Å². The monoisotopic (exact) mass is 1020 g/mol. The van der Waals surface area contributed by atoms with Crippen LogP contribution >= 0.6 is 0 Å². The molecule has 0 N–H and O–H groups in total. The molecule has 0 fully saturated rings. The predicted octanol–water partition coefficient (Wildman–Crippen LogP) is 13.6. The molecule has 0 amide bonds. The van der Waals surface area contributed by atoms with E-state index in [1.165, 1.54) is 33.9 Å². The van der Waals surface area contributed by atoms with Gasteiger partial charge in [0.05, 0.1) is 5.58 Å². The summed E-state index contributed by atoms with van der Waals surface area (Å²) in [5.74, 6) is 5.72. The van der Waals surface area contributed by atoms with E-state index in [1.807, 2.05) is 43.3 Å². The first-order chi connectivity index (χ1) is 30.8. The molecule has 0 saturated carbocycles. The molecule has 3 heterocycles. The van der Waals surface area contributed by atoms with Crippen LogP contribution in [0.1, 0.15) is 44.8 Å². The van der Waals surface area contributed by atoms with Crippen molar-refractivity contribution >= 4 is 39.7 Å². The van der Waals surface area contributed by atoms with Gasteiger partial charge in [0.25, 0.3) is 0 Å². The quantitative estimate of drug-likeness (QED) is 0.118. The minimum atomic E-state index is -2.45. The number of fused-ring (bicyclic) bond motifs is 3. The summed E-state index contributed by atoms with van der Waals surface area (Å²) in [5.41, 5.74) is 8.23. The third kappa shape index (κ3) is 8.94. The molecular formula is C53H44FGeIrN2O. The van der Waals surface area contributed by atoms with Crippen molar-refractivity contribution in [2.24, 2.45) is 0 Å². The zero-order valence-electron chi connectivity index (χ0n) is 39.9. The van der Waals surface area contributed by atoms with E-state index >= 15 is 0 Å². The van der Waals surface area contributed by atoms with Crippen molar-refractivity contribution in [2.75, 3.05) is 0 Å². The molecule has 0 aliphatic carbocycles. The fourth-order valence-corrected chi connectivity index (χ4v) is 10.5. The van der Waals surface area contributed by atoms with Gasteiger partial charge in [-0.05, 0) is 53.6 Å². The zero-order chi connectivity index (χ0) is 46.3. The van der Waals surface area contributed by atoms with Crippen molar-refractivity contribution in [1.29, 1.82) is 0 Å². The topological polar surface area (TPSA) is 38.9 Å². The molecule has 0 saturated heterocycles. The zero-order valence-corrected chi connectivity index (χ0v) is 37.4. The molecule has 292 valence electrons. The van der Waals surface area contributed by atoms with Gasteiger partial charge >= 0.3 is 206 Å². The molecule has 3 aromatic heterocycles. The van der Waals surface area contributed by atoms with Crippen LogP contribution in [0, 0.1) is 37.7 Å². The van der Waals surface area contributed by atoms with Gasteiger partial charge in [0.2, 0.25) is 5.71 Å². The third-order valence-electron chi connectivity index (χ3n) is 10.2. The number of pyridine rings is 2. The van der Waals surface area contributed by atoms with Crippen LogP contribution in [-0.4, -0.2) is 23.2 Å². The summed E-state index contributed by atoms with van der Waals surface area (Å²) in [6.45, 7) is -2.82. The Labute approximate surface area is 373 Å². The molecule has 1 atom stereocenters. The van der Waals surface area contributed by atoms with Crippen LogP contribution < -0.4 is 4.40 Å². The van der Waals surface area contributed by atoms with E-state index in [1.54, 1.807) is 30.3 Å². The van der Waals surface area contributed by atoms with Crippen LogP contribution in [0.4, 0.5) is 4.39 Å². The first-order valence-corrected chi connectivity index (χ1v) is 26.3. The summed E-state index contributed by atoms with van der Waals surface area (Å²) in [7, 11) is 0. The van der Waals surface area contributed by atoms with Gasteiger partial charge in [0, 0.05) is 31.3 Å². The van der Waals surface area contributed by atoms with E-state index in [-0.39, 0.29) is 48.0 Å². The Balaban J connectivity index is 0.000000194. The minimum absolute atomic E-state index is 0. The van der Waals surface area contributed by atoms with Gasteiger partial charge < -0.3 is 9.40 Å². The number of rotatable bonds is 7. The summed E-state index contributed by atoms with van der Waals surface area (Å²) < 4.78 is 77.8. The van der Waals surface area contributed by atoms with Gasteiger partial charge in [-0.25, -0.2) is 4.98 Å². The first-order valence-electron chi connectivity index (χ1n) is 22.5. The summed E-state index contributed by atoms with van der Waals surface area (Å²) in [6.07, 6.45) is 1.28. The Kier molecular flexibility index (Phi) is 10.1. The molecule has 1 unspecified atom stereocenters. The standard InChI is InChI=1S/C29H28Ge.C24H16FN2O.Ir/c1-22(23-12-7-5-8-13-23)28-21-27(18-19-29(28)30(2,3)4)26-17-11-16-25(20-26)24-14-9-6-10-15-24;1-14-13-26-21(12-19(14)16-6-4-3-5-7-16)17-10-11-20(25)22-18-9-8-15(2)27-24(18)28-23(17)22;/h5-16,19-22H,1-4H3;3-9,11-13H,1-2H3;/q-2;-1;+3/i22D;1D3,2D3;. The summed E-state index contributed by atoms with van der Waals surface area (Å²) in [5, 5.41) is 0.439. The number of aromatic nitrogens is 2. The van der Waals surface area contributed by atoms with Crippen molar-refractivity contribution in [3.8, 4) is 44.6 Å². The minimum Gasteiger partial charge on any atom is -0.486 e. The van der Waals surface area contributed by atoms with E-state index < -0.39 is 38.7 Å². The fourth-order valence-electron chi connectivity index (χ4n) is 7.16. The van der Waals surface area contributed by atoms with Gasteiger partial charge in [-0.15, -0.1) is 12.1 Å². The average Bonchev–Trinajstić information content (AvgIpc) is 3.69. The Morgan fingerprint density at radius 2 is 1.44 bits per heavy atom. The molecule has 9 aromatic rings. The van der Waals surface area contributed by atoms with Crippen LogP contribution in [0.5, 0.6) is 0 Å². The number of nitrogens with zero attached hydrogens (tertiary/aromatic N) is 2. The van der Waals surface area contributed by atoms with E-state index in [0.717, 1.165) is 28.3 Å². The number of aryl methyl sites for hydroxylation is 2. The molecule has 6 aromatic carbocycles. The van der Waals surface area contributed by atoms with Crippen molar-refractivity contribution < 1.29 is 38.5 Å². The molecule has 3 nitrogen and oxygen atoms in total. The molecular weight excluding hydrogens is 964 g/mol. The van der Waals surface area contributed by atoms with Gasteiger partial charge in [-0.1, -0.05) is 42.0 Å². The van der Waals surface area contributed by atoms with Crippen LogP contribution in [0.25, 0.3) is 66.7 Å². The normalized spacial score (nSPS) is 14.5. The molecule has 9 rings (SSSR count). The second kappa shape index (κ2) is 17.8. The van der Waals surface area contributed by atoms with Crippen molar-refractivity contribution in [3.63, 3.8) is 0 Å². The van der Waals surface area contributed by atoms with E-state index in [0.29, 0.717) is 27.8 Å². The Bertz CT molecular complexity index is 3150. The first kappa shape index (κ1) is 33.4. The number of hydrogen-bond acceptors (Lipinski definition) is 3. The number of halogens is 1. The Morgan fingerprint density at radius 1 is 0.746 bits per heavy atom. The number of furan rings is 1. The van der Waals surface area contributed by atoms with Crippen LogP contribution in [0.2, 0.25) is 17.3 Å². The van der Waals surface area contributed by atoms with E-state index in [9.17, 15) is 5.76 Å². The molecule has 0 bridgehead atoms. The fraction of sp³-hybridized carbons (Fsp3) is 0.132. The summed E-state index contributed by atoms with van der Waals surface area (Å²) >= 11 is -2.22. The Hall–Kier alpha value is -5.46.